The molecule has 1 fully saturated rings. The number of piperazine rings is 1. The van der Waals surface area contributed by atoms with Crippen molar-refractivity contribution in [2.45, 2.75) is 32.4 Å². The predicted octanol–water partition coefficient (Wildman–Crippen LogP) is 0.999. The van der Waals surface area contributed by atoms with Crippen molar-refractivity contribution in [1.29, 1.82) is 0 Å². The Kier molecular flexibility index (Phi) is 5.14. The molecule has 2 N–H and O–H groups in total. The van der Waals surface area contributed by atoms with E-state index in [1.807, 2.05) is 35.4 Å². The maximum atomic E-state index is 11.7. The average Bonchev–Trinajstić information content (AvgIpc) is 3.12. The molecular formula is C20H26N8O. The first kappa shape index (κ1) is 19.3. The lowest BCUT2D eigenvalue weighted by molar-refractivity contribution is -0.122. The second-order valence-electron chi connectivity index (χ2n) is 7.78. The van der Waals surface area contributed by atoms with Crippen molar-refractivity contribution in [3.63, 3.8) is 0 Å². The molecule has 9 heteroatoms. The number of hydrogen-bond acceptors (Lipinski definition) is 7. The van der Waals surface area contributed by atoms with Crippen LogP contribution in [0.4, 0.5) is 5.95 Å². The van der Waals surface area contributed by atoms with Gasteiger partial charge in [0, 0.05) is 44.0 Å². The van der Waals surface area contributed by atoms with Crippen LogP contribution in [0.3, 0.4) is 0 Å². The summed E-state index contributed by atoms with van der Waals surface area (Å²) in [6.45, 7) is 6.24. The fourth-order valence-corrected chi connectivity index (χ4v) is 3.66. The number of primary amides is 1. The third-order valence-electron chi connectivity index (χ3n) is 5.40. The van der Waals surface area contributed by atoms with Crippen LogP contribution in [0.2, 0.25) is 0 Å². The molecule has 0 saturated carbocycles. The molecule has 0 aliphatic carbocycles. The number of pyridine rings is 1. The summed E-state index contributed by atoms with van der Waals surface area (Å²) in [4.78, 5) is 33.8. The van der Waals surface area contributed by atoms with E-state index in [9.17, 15) is 4.79 Å². The van der Waals surface area contributed by atoms with Crippen LogP contribution >= 0.6 is 0 Å². The number of amides is 1. The van der Waals surface area contributed by atoms with E-state index in [0.29, 0.717) is 25.0 Å². The minimum atomic E-state index is -0.337. The molecule has 4 rings (SSSR count). The zero-order chi connectivity index (χ0) is 20.5. The Balaban J connectivity index is 1.56. The lowest BCUT2D eigenvalue weighted by atomic mass is 10.1. The number of hydrogen-bond donors (Lipinski definition) is 1. The van der Waals surface area contributed by atoms with E-state index in [1.54, 1.807) is 6.20 Å². The number of carbonyl (C=O) groups is 1. The minimum absolute atomic E-state index is 0.326. The molecule has 1 aliphatic rings. The second kappa shape index (κ2) is 7.75. The van der Waals surface area contributed by atoms with Crippen molar-refractivity contribution in [1.82, 2.24) is 29.4 Å². The number of nitrogens with zero attached hydrogens (tertiary/aromatic N) is 7. The fourth-order valence-electron chi connectivity index (χ4n) is 3.66. The summed E-state index contributed by atoms with van der Waals surface area (Å²) in [5, 5.41) is 0. The van der Waals surface area contributed by atoms with Crippen LogP contribution < -0.4 is 10.6 Å². The SMILES string of the molecule is CC(C)n1cnc2cnc(Cc3ccnc(N4CCN(C)C(C(N)=O)C4)n3)cc21. The quantitative estimate of drug-likeness (QED) is 0.688. The maximum Gasteiger partial charge on any atom is 0.236 e. The Hall–Kier alpha value is -3.07. The zero-order valence-electron chi connectivity index (χ0n) is 17.0. The van der Waals surface area contributed by atoms with E-state index in [-0.39, 0.29) is 11.9 Å². The highest BCUT2D eigenvalue weighted by atomic mass is 16.1. The number of fused-ring (bicyclic) bond motifs is 1. The highest BCUT2D eigenvalue weighted by molar-refractivity contribution is 5.80. The van der Waals surface area contributed by atoms with Gasteiger partial charge in [-0.1, -0.05) is 0 Å². The molecule has 4 heterocycles. The number of likely N-dealkylation sites (N-methyl/N-ethyl adjacent to an activating group) is 1. The Labute approximate surface area is 169 Å². The van der Waals surface area contributed by atoms with Crippen LogP contribution in [-0.2, 0) is 11.2 Å². The summed E-state index contributed by atoms with van der Waals surface area (Å²) < 4.78 is 2.14. The van der Waals surface area contributed by atoms with Gasteiger partial charge in [-0.25, -0.2) is 15.0 Å². The predicted molar refractivity (Wildman–Crippen MR) is 111 cm³/mol. The van der Waals surface area contributed by atoms with Gasteiger partial charge < -0.3 is 15.2 Å². The monoisotopic (exact) mass is 394 g/mol. The minimum Gasteiger partial charge on any atom is -0.368 e. The van der Waals surface area contributed by atoms with Gasteiger partial charge in [0.1, 0.15) is 11.6 Å². The molecule has 152 valence electrons. The molecule has 3 aromatic rings. The van der Waals surface area contributed by atoms with E-state index in [0.717, 1.165) is 35.5 Å². The first-order chi connectivity index (χ1) is 13.9. The average molecular weight is 394 g/mol. The number of aromatic nitrogens is 5. The summed E-state index contributed by atoms with van der Waals surface area (Å²) in [7, 11) is 1.91. The van der Waals surface area contributed by atoms with Crippen LogP contribution in [0.25, 0.3) is 11.0 Å². The summed E-state index contributed by atoms with van der Waals surface area (Å²) in [6, 6.07) is 3.97. The second-order valence-corrected chi connectivity index (χ2v) is 7.78. The number of rotatable bonds is 5. The summed E-state index contributed by atoms with van der Waals surface area (Å²) in [6.07, 6.45) is 6.02. The van der Waals surface area contributed by atoms with Gasteiger partial charge in [0.15, 0.2) is 0 Å². The van der Waals surface area contributed by atoms with Crippen LogP contribution in [0.5, 0.6) is 0 Å². The van der Waals surface area contributed by atoms with Crippen LogP contribution in [0.15, 0.2) is 30.9 Å². The molecule has 1 aliphatic heterocycles. The smallest absolute Gasteiger partial charge is 0.236 e. The molecule has 1 unspecified atom stereocenters. The molecule has 1 amide bonds. The van der Waals surface area contributed by atoms with Gasteiger partial charge in [-0.05, 0) is 33.0 Å². The van der Waals surface area contributed by atoms with Crippen molar-refractivity contribution >= 4 is 22.9 Å². The Bertz CT molecular complexity index is 1030. The van der Waals surface area contributed by atoms with Crippen molar-refractivity contribution in [2.24, 2.45) is 5.73 Å². The van der Waals surface area contributed by atoms with Gasteiger partial charge in [0.2, 0.25) is 11.9 Å². The van der Waals surface area contributed by atoms with Gasteiger partial charge in [-0.15, -0.1) is 0 Å². The van der Waals surface area contributed by atoms with Gasteiger partial charge in [0.25, 0.3) is 0 Å². The lowest BCUT2D eigenvalue weighted by Gasteiger charge is -2.37. The first-order valence-corrected chi connectivity index (χ1v) is 9.80. The van der Waals surface area contributed by atoms with Crippen molar-refractivity contribution in [3.05, 3.63) is 42.2 Å². The van der Waals surface area contributed by atoms with E-state index < -0.39 is 0 Å². The summed E-state index contributed by atoms with van der Waals surface area (Å²) >= 11 is 0. The summed E-state index contributed by atoms with van der Waals surface area (Å²) in [5.41, 5.74) is 9.31. The molecule has 1 saturated heterocycles. The largest absolute Gasteiger partial charge is 0.368 e. The van der Waals surface area contributed by atoms with Crippen molar-refractivity contribution in [2.75, 3.05) is 31.6 Å². The van der Waals surface area contributed by atoms with Crippen LogP contribution in [-0.4, -0.2) is 68.0 Å². The third kappa shape index (κ3) is 3.91. The standard InChI is InChI=1S/C20H26N8O/c1-13(2)28-12-24-16-10-23-15(9-17(16)28)8-14-4-5-22-20(25-14)27-7-6-26(3)18(11-27)19(21)29/h4-5,9-10,12-13,18H,6-8,11H2,1-3H3,(H2,21,29). The topological polar surface area (TPSA) is 106 Å². The maximum absolute atomic E-state index is 11.7. The lowest BCUT2D eigenvalue weighted by Crippen LogP contribution is -2.57. The number of carbonyl (C=O) groups excluding carboxylic acids is 1. The number of imidazole rings is 1. The molecular weight excluding hydrogens is 368 g/mol. The number of anilines is 1. The van der Waals surface area contributed by atoms with Crippen molar-refractivity contribution < 1.29 is 4.79 Å². The highest BCUT2D eigenvalue weighted by Gasteiger charge is 2.29. The fraction of sp³-hybridized carbons (Fsp3) is 0.450. The van der Waals surface area contributed by atoms with E-state index in [2.05, 4.69) is 39.4 Å². The van der Waals surface area contributed by atoms with E-state index >= 15 is 0 Å². The normalized spacial score (nSPS) is 17.9. The Morgan fingerprint density at radius 2 is 2.07 bits per heavy atom. The molecule has 3 aromatic heterocycles. The van der Waals surface area contributed by atoms with Gasteiger partial charge in [-0.3, -0.25) is 14.7 Å². The molecule has 0 radical (unpaired) electrons. The molecule has 0 aromatic carbocycles. The zero-order valence-corrected chi connectivity index (χ0v) is 17.0. The molecule has 29 heavy (non-hydrogen) atoms. The summed E-state index contributed by atoms with van der Waals surface area (Å²) in [5.74, 6) is 0.294. The Morgan fingerprint density at radius 3 is 2.83 bits per heavy atom. The molecule has 1 atom stereocenters. The van der Waals surface area contributed by atoms with Gasteiger partial charge in [0.05, 0.1) is 23.7 Å². The molecule has 0 bridgehead atoms. The van der Waals surface area contributed by atoms with Crippen molar-refractivity contribution in [3.8, 4) is 0 Å². The molecule has 9 nitrogen and oxygen atoms in total. The highest BCUT2D eigenvalue weighted by Crippen LogP contribution is 2.20. The van der Waals surface area contributed by atoms with Gasteiger partial charge >= 0.3 is 0 Å². The molecule has 0 spiro atoms. The van der Waals surface area contributed by atoms with E-state index in [4.69, 9.17) is 10.7 Å². The third-order valence-corrected chi connectivity index (χ3v) is 5.40. The van der Waals surface area contributed by atoms with E-state index in [1.165, 1.54) is 0 Å². The van der Waals surface area contributed by atoms with Crippen LogP contribution in [0, 0.1) is 0 Å². The van der Waals surface area contributed by atoms with Crippen LogP contribution in [0.1, 0.15) is 31.3 Å². The van der Waals surface area contributed by atoms with Gasteiger partial charge in [-0.2, -0.15) is 0 Å². The number of nitrogens with two attached hydrogens (primary N) is 1. The Morgan fingerprint density at radius 1 is 1.24 bits per heavy atom. The first-order valence-electron chi connectivity index (χ1n) is 9.80.